The number of Topliss-reactive ketones (excluding diaryl/α,β-unsaturated/α-hetero) is 1. The molecular weight excluding hydrogens is 240 g/mol. The van der Waals surface area contributed by atoms with Gasteiger partial charge in [-0.15, -0.1) is 0 Å². The summed E-state index contributed by atoms with van der Waals surface area (Å²) in [5.41, 5.74) is 1.69. The number of aromatic nitrogens is 2. The molecule has 3 rings (SSSR count). The van der Waals surface area contributed by atoms with E-state index in [1.165, 1.54) is 6.42 Å². The fourth-order valence-electron chi connectivity index (χ4n) is 2.86. The van der Waals surface area contributed by atoms with Crippen LogP contribution in [0.25, 0.3) is 0 Å². The van der Waals surface area contributed by atoms with E-state index < -0.39 is 0 Å². The van der Waals surface area contributed by atoms with Gasteiger partial charge in [-0.3, -0.25) is 4.79 Å². The van der Waals surface area contributed by atoms with E-state index in [-0.39, 0.29) is 11.9 Å². The number of aryl methyl sites for hydroxylation is 1. The van der Waals surface area contributed by atoms with Crippen LogP contribution in [0.2, 0.25) is 0 Å². The van der Waals surface area contributed by atoms with E-state index in [1.54, 1.807) is 6.20 Å². The van der Waals surface area contributed by atoms with Gasteiger partial charge in [0.2, 0.25) is 0 Å². The topological polar surface area (TPSA) is 52.1 Å². The van der Waals surface area contributed by atoms with Crippen molar-refractivity contribution in [2.75, 3.05) is 6.61 Å². The smallest absolute Gasteiger partial charge is 0.166 e. The van der Waals surface area contributed by atoms with Crippen molar-refractivity contribution < 1.29 is 9.53 Å². The van der Waals surface area contributed by atoms with Crippen molar-refractivity contribution >= 4 is 5.78 Å². The highest BCUT2D eigenvalue weighted by molar-refractivity contribution is 5.97. The zero-order chi connectivity index (χ0) is 13.1. The minimum absolute atomic E-state index is 0.202. The molecular formula is C15H20N2O2. The van der Waals surface area contributed by atoms with Gasteiger partial charge in [-0.05, 0) is 38.5 Å². The van der Waals surface area contributed by atoms with Gasteiger partial charge in [-0.25, -0.2) is 9.97 Å². The zero-order valence-electron chi connectivity index (χ0n) is 11.2. The van der Waals surface area contributed by atoms with Gasteiger partial charge in [-0.1, -0.05) is 0 Å². The molecule has 4 heteroatoms. The van der Waals surface area contributed by atoms with Crippen molar-refractivity contribution in [3.05, 3.63) is 23.3 Å². The Balaban J connectivity index is 1.76. The Morgan fingerprint density at radius 1 is 1.21 bits per heavy atom. The number of hydrogen-bond donors (Lipinski definition) is 0. The lowest BCUT2D eigenvalue weighted by Gasteiger charge is -2.22. The first-order chi connectivity index (χ1) is 9.33. The molecule has 102 valence electrons. The standard InChI is InChI=1S/C15H20N2O2/c18-14-7-2-1-6-13-12(14)10-16-15(17-13)9-11-5-3-4-8-19-11/h10-11H,1-9H2. The summed E-state index contributed by atoms with van der Waals surface area (Å²) in [6, 6.07) is 0. The summed E-state index contributed by atoms with van der Waals surface area (Å²) in [5, 5.41) is 0. The van der Waals surface area contributed by atoms with Crippen LogP contribution in [-0.4, -0.2) is 28.5 Å². The molecule has 1 aliphatic carbocycles. The van der Waals surface area contributed by atoms with Crippen molar-refractivity contribution in [3.8, 4) is 0 Å². The van der Waals surface area contributed by atoms with Crippen molar-refractivity contribution in [1.82, 2.24) is 9.97 Å². The van der Waals surface area contributed by atoms with Crippen molar-refractivity contribution in [1.29, 1.82) is 0 Å². The van der Waals surface area contributed by atoms with Crippen molar-refractivity contribution in [3.63, 3.8) is 0 Å². The highest BCUT2D eigenvalue weighted by Crippen LogP contribution is 2.20. The van der Waals surface area contributed by atoms with Gasteiger partial charge in [0, 0.05) is 25.6 Å². The number of ether oxygens (including phenoxy) is 1. The maximum absolute atomic E-state index is 11.9. The van der Waals surface area contributed by atoms with E-state index in [2.05, 4.69) is 9.97 Å². The zero-order valence-corrected chi connectivity index (χ0v) is 11.2. The lowest BCUT2D eigenvalue weighted by atomic mass is 10.1. The molecule has 2 aliphatic rings. The van der Waals surface area contributed by atoms with Crippen molar-refractivity contribution in [2.24, 2.45) is 0 Å². The van der Waals surface area contributed by atoms with Crippen LogP contribution in [0.5, 0.6) is 0 Å². The van der Waals surface area contributed by atoms with E-state index in [0.29, 0.717) is 6.42 Å². The lowest BCUT2D eigenvalue weighted by Crippen LogP contribution is -2.23. The molecule has 1 aromatic rings. The Kier molecular flexibility index (Phi) is 3.87. The monoisotopic (exact) mass is 260 g/mol. The summed E-state index contributed by atoms with van der Waals surface area (Å²) in [6.45, 7) is 0.855. The molecule has 1 aliphatic heterocycles. The van der Waals surface area contributed by atoms with Gasteiger partial charge in [0.1, 0.15) is 5.82 Å². The molecule has 1 saturated heterocycles. The summed E-state index contributed by atoms with van der Waals surface area (Å²) >= 11 is 0. The van der Waals surface area contributed by atoms with Crippen LogP contribution in [0.1, 0.15) is 60.4 Å². The summed E-state index contributed by atoms with van der Waals surface area (Å²) in [5.74, 6) is 1.04. The van der Waals surface area contributed by atoms with Crippen LogP contribution >= 0.6 is 0 Å². The number of carbonyl (C=O) groups is 1. The molecule has 0 bridgehead atoms. The minimum Gasteiger partial charge on any atom is -0.378 e. The molecule has 1 fully saturated rings. The second-order valence-corrected chi connectivity index (χ2v) is 5.47. The number of hydrogen-bond acceptors (Lipinski definition) is 4. The third kappa shape index (κ3) is 3.00. The summed E-state index contributed by atoms with van der Waals surface area (Å²) < 4.78 is 5.72. The van der Waals surface area contributed by atoms with Gasteiger partial charge in [0.15, 0.2) is 5.78 Å². The molecule has 0 aromatic carbocycles. The van der Waals surface area contributed by atoms with E-state index in [4.69, 9.17) is 4.74 Å². The molecule has 1 aromatic heterocycles. The number of rotatable bonds is 2. The van der Waals surface area contributed by atoms with Gasteiger partial charge in [0.25, 0.3) is 0 Å². The summed E-state index contributed by atoms with van der Waals surface area (Å²) in [4.78, 5) is 20.9. The highest BCUT2D eigenvalue weighted by Gasteiger charge is 2.20. The minimum atomic E-state index is 0.202. The van der Waals surface area contributed by atoms with E-state index in [9.17, 15) is 4.79 Å². The van der Waals surface area contributed by atoms with Crippen LogP contribution < -0.4 is 0 Å². The molecule has 2 heterocycles. The molecule has 1 atom stereocenters. The molecule has 0 N–H and O–H groups in total. The van der Waals surface area contributed by atoms with Gasteiger partial charge < -0.3 is 4.74 Å². The Hall–Kier alpha value is -1.29. The van der Waals surface area contributed by atoms with E-state index in [0.717, 1.165) is 62.2 Å². The number of ketones is 1. The van der Waals surface area contributed by atoms with Crippen molar-refractivity contribution in [2.45, 2.75) is 57.5 Å². The molecule has 4 nitrogen and oxygen atoms in total. The maximum Gasteiger partial charge on any atom is 0.166 e. The predicted molar refractivity (Wildman–Crippen MR) is 71.2 cm³/mol. The summed E-state index contributed by atoms with van der Waals surface area (Å²) in [6.07, 6.45) is 9.82. The first-order valence-corrected chi connectivity index (χ1v) is 7.32. The lowest BCUT2D eigenvalue weighted by molar-refractivity contribution is 0.0156. The molecule has 0 radical (unpaired) electrons. The number of fused-ring (bicyclic) bond motifs is 1. The largest absolute Gasteiger partial charge is 0.378 e. The fraction of sp³-hybridized carbons (Fsp3) is 0.667. The number of nitrogens with zero attached hydrogens (tertiary/aromatic N) is 2. The third-order valence-corrected chi connectivity index (χ3v) is 3.97. The average Bonchev–Trinajstić information content (AvgIpc) is 2.62. The molecule has 1 unspecified atom stereocenters. The SMILES string of the molecule is O=C1CCCCc2nc(CC3CCCCO3)ncc21. The fourth-order valence-corrected chi connectivity index (χ4v) is 2.86. The van der Waals surface area contributed by atoms with E-state index in [1.807, 2.05) is 0 Å². The first-order valence-electron chi connectivity index (χ1n) is 7.32. The third-order valence-electron chi connectivity index (χ3n) is 3.97. The van der Waals surface area contributed by atoms with Gasteiger partial charge in [-0.2, -0.15) is 0 Å². The van der Waals surface area contributed by atoms with Crippen LogP contribution in [-0.2, 0) is 17.6 Å². The van der Waals surface area contributed by atoms with Crippen LogP contribution in [0, 0.1) is 0 Å². The predicted octanol–water partition coefficient (Wildman–Crippen LogP) is 2.50. The highest BCUT2D eigenvalue weighted by atomic mass is 16.5. The summed E-state index contributed by atoms with van der Waals surface area (Å²) in [7, 11) is 0. The van der Waals surface area contributed by atoms with Crippen LogP contribution in [0.15, 0.2) is 6.20 Å². The van der Waals surface area contributed by atoms with E-state index >= 15 is 0 Å². The van der Waals surface area contributed by atoms with Crippen LogP contribution in [0.3, 0.4) is 0 Å². The molecule has 0 spiro atoms. The Morgan fingerprint density at radius 3 is 2.95 bits per heavy atom. The Bertz CT molecular complexity index is 467. The van der Waals surface area contributed by atoms with Gasteiger partial charge >= 0.3 is 0 Å². The second-order valence-electron chi connectivity index (χ2n) is 5.47. The normalized spacial score (nSPS) is 23.8. The van der Waals surface area contributed by atoms with Crippen LogP contribution in [0.4, 0.5) is 0 Å². The molecule has 19 heavy (non-hydrogen) atoms. The quantitative estimate of drug-likeness (QED) is 0.767. The average molecular weight is 260 g/mol. The maximum atomic E-state index is 11.9. The Morgan fingerprint density at radius 2 is 2.11 bits per heavy atom. The number of carbonyl (C=O) groups excluding carboxylic acids is 1. The molecule has 0 saturated carbocycles. The first kappa shape index (κ1) is 12.7. The Labute approximate surface area is 113 Å². The van der Waals surface area contributed by atoms with Gasteiger partial charge in [0.05, 0.1) is 17.4 Å². The molecule has 0 amide bonds. The second kappa shape index (κ2) is 5.78.